The van der Waals surface area contributed by atoms with Gasteiger partial charge in [0.25, 0.3) is 0 Å². The molecule has 92 valence electrons. The van der Waals surface area contributed by atoms with E-state index in [9.17, 15) is 0 Å². The second-order valence-electron chi connectivity index (χ2n) is 4.59. The van der Waals surface area contributed by atoms with Crippen molar-refractivity contribution in [1.29, 1.82) is 0 Å². The Bertz CT molecular complexity index is 142. The van der Waals surface area contributed by atoms with Crippen molar-refractivity contribution in [2.45, 2.75) is 39.7 Å². The number of halogens is 1. The standard InChI is InChI=1S/C12H26ClNO/c1-11(2)15-10-9-14(4)8-6-12(3)5-7-13/h11-12H,5-10H2,1-4H3. The van der Waals surface area contributed by atoms with E-state index in [1.54, 1.807) is 0 Å². The van der Waals surface area contributed by atoms with Crippen molar-refractivity contribution in [3.8, 4) is 0 Å². The monoisotopic (exact) mass is 235 g/mol. The summed E-state index contributed by atoms with van der Waals surface area (Å²) in [6, 6.07) is 0. The van der Waals surface area contributed by atoms with E-state index in [4.69, 9.17) is 16.3 Å². The van der Waals surface area contributed by atoms with Crippen LogP contribution < -0.4 is 0 Å². The number of rotatable bonds is 9. The first-order valence-electron chi connectivity index (χ1n) is 5.92. The lowest BCUT2D eigenvalue weighted by Gasteiger charge is -2.19. The second kappa shape index (κ2) is 9.44. The van der Waals surface area contributed by atoms with Crippen molar-refractivity contribution in [3.05, 3.63) is 0 Å². The van der Waals surface area contributed by atoms with Gasteiger partial charge >= 0.3 is 0 Å². The summed E-state index contributed by atoms with van der Waals surface area (Å²) >= 11 is 5.70. The molecular formula is C12H26ClNO. The second-order valence-corrected chi connectivity index (χ2v) is 4.97. The fourth-order valence-electron chi connectivity index (χ4n) is 1.33. The summed E-state index contributed by atoms with van der Waals surface area (Å²) in [7, 11) is 2.15. The van der Waals surface area contributed by atoms with Crippen LogP contribution in [0.25, 0.3) is 0 Å². The number of nitrogens with zero attached hydrogens (tertiary/aromatic N) is 1. The van der Waals surface area contributed by atoms with E-state index in [1.165, 1.54) is 6.42 Å². The van der Waals surface area contributed by atoms with Crippen molar-refractivity contribution in [2.24, 2.45) is 5.92 Å². The molecule has 0 aromatic rings. The minimum absolute atomic E-state index is 0.341. The molecule has 0 rings (SSSR count). The smallest absolute Gasteiger partial charge is 0.0596 e. The molecule has 2 nitrogen and oxygen atoms in total. The highest BCUT2D eigenvalue weighted by Gasteiger charge is 2.04. The molecule has 0 aromatic heterocycles. The summed E-state index contributed by atoms with van der Waals surface area (Å²) in [5, 5.41) is 0. The molecule has 0 aliphatic heterocycles. The van der Waals surface area contributed by atoms with Gasteiger partial charge in [0.1, 0.15) is 0 Å². The predicted octanol–water partition coefficient (Wildman–Crippen LogP) is 3.00. The molecular weight excluding hydrogens is 210 g/mol. The Labute approximate surface area is 99.9 Å². The van der Waals surface area contributed by atoms with Crippen LogP contribution >= 0.6 is 11.6 Å². The van der Waals surface area contributed by atoms with Gasteiger partial charge < -0.3 is 9.64 Å². The molecule has 0 radical (unpaired) electrons. The normalized spacial score (nSPS) is 13.8. The summed E-state index contributed by atoms with van der Waals surface area (Å²) in [4.78, 5) is 2.33. The van der Waals surface area contributed by atoms with Gasteiger partial charge in [-0.3, -0.25) is 0 Å². The fourth-order valence-corrected chi connectivity index (χ4v) is 1.70. The predicted molar refractivity (Wildman–Crippen MR) is 67.7 cm³/mol. The van der Waals surface area contributed by atoms with Crippen molar-refractivity contribution in [1.82, 2.24) is 4.90 Å². The van der Waals surface area contributed by atoms with Crippen LogP contribution in [0.5, 0.6) is 0 Å². The number of hydrogen-bond acceptors (Lipinski definition) is 2. The van der Waals surface area contributed by atoms with E-state index in [-0.39, 0.29) is 0 Å². The fraction of sp³-hybridized carbons (Fsp3) is 1.00. The van der Waals surface area contributed by atoms with E-state index in [2.05, 4.69) is 32.7 Å². The lowest BCUT2D eigenvalue weighted by atomic mass is 10.1. The maximum atomic E-state index is 5.70. The van der Waals surface area contributed by atoms with Crippen LogP contribution in [0.15, 0.2) is 0 Å². The van der Waals surface area contributed by atoms with Crippen molar-refractivity contribution in [3.63, 3.8) is 0 Å². The van der Waals surface area contributed by atoms with E-state index in [1.807, 2.05) is 0 Å². The summed E-state index contributed by atoms with van der Waals surface area (Å²) in [6.07, 6.45) is 2.69. The number of likely N-dealkylation sites (N-methyl/N-ethyl adjacent to an activating group) is 1. The highest BCUT2D eigenvalue weighted by atomic mass is 35.5. The largest absolute Gasteiger partial charge is 0.377 e. The number of alkyl halides is 1. The molecule has 0 aliphatic rings. The van der Waals surface area contributed by atoms with E-state index in [0.29, 0.717) is 6.10 Å². The first-order chi connectivity index (χ1) is 7.06. The first-order valence-corrected chi connectivity index (χ1v) is 6.45. The zero-order valence-corrected chi connectivity index (χ0v) is 11.4. The van der Waals surface area contributed by atoms with E-state index in [0.717, 1.165) is 37.9 Å². The van der Waals surface area contributed by atoms with Crippen LogP contribution in [-0.4, -0.2) is 43.6 Å². The topological polar surface area (TPSA) is 12.5 Å². The minimum atomic E-state index is 0.341. The summed E-state index contributed by atoms with van der Waals surface area (Å²) in [5.74, 6) is 1.51. The third-order valence-corrected chi connectivity index (χ3v) is 2.75. The zero-order valence-electron chi connectivity index (χ0n) is 10.6. The van der Waals surface area contributed by atoms with Gasteiger partial charge in [-0.15, -0.1) is 11.6 Å². The average Bonchev–Trinajstić information content (AvgIpc) is 2.14. The molecule has 0 bridgehead atoms. The first kappa shape index (κ1) is 15.2. The molecule has 0 aromatic carbocycles. The summed E-state index contributed by atoms with van der Waals surface area (Å²) in [6.45, 7) is 9.40. The Balaban J connectivity index is 3.36. The highest BCUT2D eigenvalue weighted by Crippen LogP contribution is 2.08. The van der Waals surface area contributed by atoms with Gasteiger partial charge in [-0.1, -0.05) is 6.92 Å². The molecule has 0 saturated heterocycles. The molecule has 1 unspecified atom stereocenters. The zero-order chi connectivity index (χ0) is 11.7. The molecule has 3 heteroatoms. The average molecular weight is 236 g/mol. The number of ether oxygens (including phenoxy) is 1. The third kappa shape index (κ3) is 10.5. The lowest BCUT2D eigenvalue weighted by molar-refractivity contribution is 0.0630. The van der Waals surface area contributed by atoms with E-state index >= 15 is 0 Å². The van der Waals surface area contributed by atoms with Crippen LogP contribution in [0.1, 0.15) is 33.6 Å². The van der Waals surface area contributed by atoms with Gasteiger partial charge in [0.2, 0.25) is 0 Å². The molecule has 15 heavy (non-hydrogen) atoms. The van der Waals surface area contributed by atoms with Crippen LogP contribution in [0.4, 0.5) is 0 Å². The molecule has 0 N–H and O–H groups in total. The SMILES string of the molecule is CC(CCCl)CCN(C)CCOC(C)C. The summed E-state index contributed by atoms with van der Waals surface area (Å²) in [5.41, 5.74) is 0. The molecule has 0 amide bonds. The third-order valence-electron chi connectivity index (χ3n) is 2.53. The van der Waals surface area contributed by atoms with Crippen molar-refractivity contribution < 1.29 is 4.74 Å². The van der Waals surface area contributed by atoms with Crippen molar-refractivity contribution in [2.75, 3.05) is 32.6 Å². The lowest BCUT2D eigenvalue weighted by Crippen LogP contribution is -2.26. The molecule has 0 spiro atoms. The summed E-state index contributed by atoms with van der Waals surface area (Å²) < 4.78 is 5.50. The van der Waals surface area contributed by atoms with Crippen LogP contribution in [0.2, 0.25) is 0 Å². The molecule has 0 heterocycles. The van der Waals surface area contributed by atoms with Crippen molar-refractivity contribution >= 4 is 11.6 Å². The van der Waals surface area contributed by atoms with Crippen LogP contribution in [0, 0.1) is 5.92 Å². The Morgan fingerprint density at radius 3 is 2.33 bits per heavy atom. The van der Waals surface area contributed by atoms with Crippen LogP contribution in [0.3, 0.4) is 0 Å². The maximum absolute atomic E-state index is 5.70. The maximum Gasteiger partial charge on any atom is 0.0596 e. The van der Waals surface area contributed by atoms with Gasteiger partial charge in [-0.05, 0) is 46.2 Å². The van der Waals surface area contributed by atoms with E-state index < -0.39 is 0 Å². The number of hydrogen-bond donors (Lipinski definition) is 0. The van der Waals surface area contributed by atoms with Gasteiger partial charge in [0.15, 0.2) is 0 Å². The van der Waals surface area contributed by atoms with Gasteiger partial charge in [-0.2, -0.15) is 0 Å². The Morgan fingerprint density at radius 2 is 1.80 bits per heavy atom. The minimum Gasteiger partial charge on any atom is -0.377 e. The highest BCUT2D eigenvalue weighted by molar-refractivity contribution is 6.17. The van der Waals surface area contributed by atoms with Gasteiger partial charge in [0, 0.05) is 12.4 Å². The molecule has 0 aliphatic carbocycles. The quantitative estimate of drug-likeness (QED) is 0.570. The van der Waals surface area contributed by atoms with Gasteiger partial charge in [0.05, 0.1) is 12.7 Å². The van der Waals surface area contributed by atoms with Crippen LogP contribution in [-0.2, 0) is 4.74 Å². The van der Waals surface area contributed by atoms with Gasteiger partial charge in [-0.25, -0.2) is 0 Å². The molecule has 0 saturated carbocycles. The Hall–Kier alpha value is 0.210. The molecule has 1 atom stereocenters. The molecule has 0 fully saturated rings. The Morgan fingerprint density at radius 1 is 1.13 bits per heavy atom. The Kier molecular flexibility index (Phi) is 9.57.